The predicted octanol–water partition coefficient (Wildman–Crippen LogP) is 3.81. The van der Waals surface area contributed by atoms with Gasteiger partial charge in [0, 0.05) is 10.9 Å². The topological polar surface area (TPSA) is 63.3 Å². The van der Waals surface area contributed by atoms with Crippen molar-refractivity contribution in [3.05, 3.63) is 53.5 Å². The highest BCUT2D eigenvalue weighted by Crippen LogP contribution is 2.29. The van der Waals surface area contributed by atoms with Gasteiger partial charge in [0.25, 0.3) is 0 Å². The molecule has 0 bridgehead atoms. The van der Waals surface area contributed by atoms with Crippen molar-refractivity contribution in [3.63, 3.8) is 0 Å². The fourth-order valence-corrected chi connectivity index (χ4v) is 2.37. The molecule has 0 fully saturated rings. The van der Waals surface area contributed by atoms with Crippen LogP contribution in [0.3, 0.4) is 0 Å². The number of carboxylic acid groups (broad SMARTS) is 1. The quantitative estimate of drug-likeness (QED) is 0.766. The molecule has 0 amide bonds. The molecule has 4 heteroatoms. The third-order valence-electron chi connectivity index (χ3n) is 3.42. The highest BCUT2D eigenvalue weighted by atomic mass is 16.4. The lowest BCUT2D eigenvalue weighted by molar-refractivity contribution is 0.0699. The maximum absolute atomic E-state index is 11.5. The second-order valence-corrected chi connectivity index (χ2v) is 4.80. The Morgan fingerprint density at radius 2 is 1.95 bits per heavy atom. The number of aryl methyl sites for hydroxylation is 2. The summed E-state index contributed by atoms with van der Waals surface area (Å²) in [4.78, 5) is 16.1. The van der Waals surface area contributed by atoms with Crippen molar-refractivity contribution in [3.8, 4) is 11.3 Å². The summed E-state index contributed by atoms with van der Waals surface area (Å²) in [7, 11) is 0. The molecule has 1 aromatic carbocycles. The number of hydrogen-bond donors (Lipinski definition) is 1. The standard InChI is InChI=1S/C16H13NO3/c1-9-3-4-10(2)15-14(9)12(16(18)19)7-13(17-15)11-5-6-20-8-11/h3-8H,1-2H3,(H,18,19). The van der Waals surface area contributed by atoms with Gasteiger partial charge in [-0.1, -0.05) is 12.1 Å². The van der Waals surface area contributed by atoms with Gasteiger partial charge in [0.1, 0.15) is 0 Å². The molecule has 0 unspecified atom stereocenters. The van der Waals surface area contributed by atoms with E-state index < -0.39 is 5.97 Å². The first-order valence-corrected chi connectivity index (χ1v) is 6.25. The van der Waals surface area contributed by atoms with Crippen LogP contribution >= 0.6 is 0 Å². The molecule has 0 aliphatic rings. The monoisotopic (exact) mass is 267 g/mol. The summed E-state index contributed by atoms with van der Waals surface area (Å²) in [6.07, 6.45) is 3.11. The molecule has 0 saturated carbocycles. The fraction of sp³-hybridized carbons (Fsp3) is 0.125. The minimum Gasteiger partial charge on any atom is -0.478 e. The molecule has 4 nitrogen and oxygen atoms in total. The van der Waals surface area contributed by atoms with Crippen molar-refractivity contribution in [2.45, 2.75) is 13.8 Å². The summed E-state index contributed by atoms with van der Waals surface area (Å²) >= 11 is 0. The molecule has 0 atom stereocenters. The van der Waals surface area contributed by atoms with E-state index in [0.29, 0.717) is 11.1 Å². The van der Waals surface area contributed by atoms with Gasteiger partial charge in [0.15, 0.2) is 0 Å². The van der Waals surface area contributed by atoms with Gasteiger partial charge in [-0.2, -0.15) is 0 Å². The van der Waals surface area contributed by atoms with E-state index in [1.165, 1.54) is 0 Å². The van der Waals surface area contributed by atoms with E-state index in [1.807, 2.05) is 26.0 Å². The van der Waals surface area contributed by atoms with Gasteiger partial charge in [-0.3, -0.25) is 0 Å². The Morgan fingerprint density at radius 3 is 2.60 bits per heavy atom. The van der Waals surface area contributed by atoms with Gasteiger partial charge in [-0.25, -0.2) is 9.78 Å². The van der Waals surface area contributed by atoms with Crippen LogP contribution < -0.4 is 0 Å². The molecule has 0 spiro atoms. The third kappa shape index (κ3) is 1.86. The Balaban J connectivity index is 2.43. The van der Waals surface area contributed by atoms with Crippen molar-refractivity contribution in [2.24, 2.45) is 0 Å². The number of aromatic nitrogens is 1. The first kappa shape index (κ1) is 12.4. The number of pyridine rings is 1. The third-order valence-corrected chi connectivity index (χ3v) is 3.42. The van der Waals surface area contributed by atoms with E-state index >= 15 is 0 Å². The van der Waals surface area contributed by atoms with Crippen LogP contribution in [0.2, 0.25) is 0 Å². The predicted molar refractivity (Wildman–Crippen MR) is 75.9 cm³/mol. The SMILES string of the molecule is Cc1ccc(C)c2c(C(=O)O)cc(-c3ccoc3)nc12. The summed E-state index contributed by atoms with van der Waals surface area (Å²) < 4.78 is 5.05. The van der Waals surface area contributed by atoms with Crippen LogP contribution in [0, 0.1) is 13.8 Å². The van der Waals surface area contributed by atoms with Gasteiger partial charge < -0.3 is 9.52 Å². The summed E-state index contributed by atoms with van der Waals surface area (Å²) in [6.45, 7) is 3.83. The maximum Gasteiger partial charge on any atom is 0.336 e. The summed E-state index contributed by atoms with van der Waals surface area (Å²) in [5.74, 6) is -0.948. The van der Waals surface area contributed by atoms with Crippen LogP contribution in [0.1, 0.15) is 21.5 Å². The van der Waals surface area contributed by atoms with Gasteiger partial charge in [0.05, 0.1) is 29.3 Å². The highest BCUT2D eigenvalue weighted by Gasteiger charge is 2.16. The number of aromatic carboxylic acids is 1. The Bertz CT molecular complexity index is 804. The largest absolute Gasteiger partial charge is 0.478 e. The lowest BCUT2D eigenvalue weighted by Gasteiger charge is -2.10. The molecular formula is C16H13NO3. The molecule has 2 heterocycles. The summed E-state index contributed by atoms with van der Waals surface area (Å²) in [5.41, 5.74) is 4.24. The van der Waals surface area contributed by atoms with Gasteiger partial charge in [-0.05, 0) is 37.1 Å². The van der Waals surface area contributed by atoms with Crippen LogP contribution in [0.4, 0.5) is 0 Å². The molecule has 3 rings (SSSR count). The molecule has 0 saturated heterocycles. The molecule has 0 aliphatic heterocycles. The molecule has 2 aromatic heterocycles. The lowest BCUT2D eigenvalue weighted by Crippen LogP contribution is -2.02. The zero-order valence-electron chi connectivity index (χ0n) is 11.2. The van der Waals surface area contributed by atoms with Crippen molar-refractivity contribution in [2.75, 3.05) is 0 Å². The number of carboxylic acids is 1. The van der Waals surface area contributed by atoms with Crippen LogP contribution in [0.15, 0.2) is 41.2 Å². The second kappa shape index (κ2) is 4.49. The van der Waals surface area contributed by atoms with Crippen LogP contribution in [0.5, 0.6) is 0 Å². The van der Waals surface area contributed by atoms with E-state index in [2.05, 4.69) is 4.98 Å². The first-order valence-electron chi connectivity index (χ1n) is 6.25. The number of furan rings is 1. The van der Waals surface area contributed by atoms with E-state index in [0.717, 1.165) is 22.2 Å². The average molecular weight is 267 g/mol. The average Bonchev–Trinajstić information content (AvgIpc) is 2.96. The number of benzene rings is 1. The number of carbonyl (C=O) groups is 1. The molecule has 100 valence electrons. The van der Waals surface area contributed by atoms with Crippen LogP contribution in [0.25, 0.3) is 22.2 Å². The summed E-state index contributed by atoms with van der Waals surface area (Å²) in [5, 5.41) is 10.2. The highest BCUT2D eigenvalue weighted by molar-refractivity contribution is 6.05. The molecular weight excluding hydrogens is 254 g/mol. The van der Waals surface area contributed by atoms with Crippen molar-refractivity contribution in [1.29, 1.82) is 0 Å². The van der Waals surface area contributed by atoms with E-state index in [-0.39, 0.29) is 5.56 Å². The van der Waals surface area contributed by atoms with Crippen molar-refractivity contribution >= 4 is 16.9 Å². The minimum absolute atomic E-state index is 0.271. The van der Waals surface area contributed by atoms with Crippen molar-refractivity contribution < 1.29 is 14.3 Å². The molecule has 20 heavy (non-hydrogen) atoms. The summed E-state index contributed by atoms with van der Waals surface area (Å²) in [6, 6.07) is 7.24. The van der Waals surface area contributed by atoms with Crippen LogP contribution in [-0.2, 0) is 0 Å². The van der Waals surface area contributed by atoms with E-state index in [9.17, 15) is 9.90 Å². The van der Waals surface area contributed by atoms with Gasteiger partial charge in [-0.15, -0.1) is 0 Å². The number of fused-ring (bicyclic) bond motifs is 1. The Labute approximate surface area is 115 Å². The number of hydrogen-bond acceptors (Lipinski definition) is 3. The zero-order chi connectivity index (χ0) is 14.3. The maximum atomic E-state index is 11.5. The molecule has 3 aromatic rings. The lowest BCUT2D eigenvalue weighted by atomic mass is 9.99. The Kier molecular flexibility index (Phi) is 2.79. The molecule has 1 N–H and O–H groups in total. The first-order chi connectivity index (χ1) is 9.58. The number of rotatable bonds is 2. The Hall–Kier alpha value is -2.62. The zero-order valence-corrected chi connectivity index (χ0v) is 11.2. The van der Waals surface area contributed by atoms with E-state index in [1.54, 1.807) is 24.7 Å². The fourth-order valence-electron chi connectivity index (χ4n) is 2.37. The Morgan fingerprint density at radius 1 is 1.20 bits per heavy atom. The van der Waals surface area contributed by atoms with E-state index in [4.69, 9.17) is 4.42 Å². The number of nitrogens with zero attached hydrogens (tertiary/aromatic N) is 1. The van der Waals surface area contributed by atoms with Gasteiger partial charge >= 0.3 is 5.97 Å². The van der Waals surface area contributed by atoms with Crippen molar-refractivity contribution in [1.82, 2.24) is 4.98 Å². The second-order valence-electron chi connectivity index (χ2n) is 4.80. The van der Waals surface area contributed by atoms with Gasteiger partial charge in [0.2, 0.25) is 0 Å². The normalized spacial score (nSPS) is 10.9. The smallest absolute Gasteiger partial charge is 0.336 e. The van der Waals surface area contributed by atoms with Crippen LogP contribution in [-0.4, -0.2) is 16.1 Å². The molecule has 0 radical (unpaired) electrons. The minimum atomic E-state index is -0.948. The molecule has 0 aliphatic carbocycles.